The first-order valence-corrected chi connectivity index (χ1v) is 6.63. The molecule has 1 rings (SSSR count). The summed E-state index contributed by atoms with van der Waals surface area (Å²) in [6.45, 7) is 4.55. The van der Waals surface area contributed by atoms with Crippen molar-refractivity contribution in [2.24, 2.45) is 0 Å². The van der Waals surface area contributed by atoms with Crippen LogP contribution in [0.3, 0.4) is 0 Å². The number of carbonyl (C=O) groups is 1. The van der Waals surface area contributed by atoms with E-state index in [2.05, 4.69) is 10.4 Å². The Hall–Kier alpha value is -1.56. The number of hydrogen-bond donors (Lipinski definition) is 1. The smallest absolute Gasteiger partial charge is 0.325 e. The van der Waals surface area contributed by atoms with E-state index in [-0.39, 0.29) is 17.1 Å². The molecular weight excluding hydrogens is 270 g/mol. The zero-order valence-corrected chi connectivity index (χ0v) is 11.9. The number of esters is 1. The zero-order valence-electron chi connectivity index (χ0n) is 11.1. The van der Waals surface area contributed by atoms with Gasteiger partial charge in [-0.1, -0.05) is 24.9 Å². The molecule has 0 unspecified atom stereocenters. The molecule has 0 amide bonds. The zero-order chi connectivity index (χ0) is 14.3. The van der Waals surface area contributed by atoms with Crippen LogP contribution in [0.4, 0.5) is 5.69 Å². The predicted octanol–water partition coefficient (Wildman–Crippen LogP) is 1.67. The number of halogens is 1. The van der Waals surface area contributed by atoms with Crippen LogP contribution in [-0.2, 0) is 16.1 Å². The number of aryl methyl sites for hydroxylation is 1. The fourth-order valence-corrected chi connectivity index (χ4v) is 1.65. The van der Waals surface area contributed by atoms with Gasteiger partial charge >= 0.3 is 5.97 Å². The molecule has 106 valence electrons. The van der Waals surface area contributed by atoms with Gasteiger partial charge in [-0.05, 0) is 13.3 Å². The molecule has 0 saturated heterocycles. The van der Waals surface area contributed by atoms with Crippen molar-refractivity contribution in [3.8, 4) is 0 Å². The molecule has 0 aromatic carbocycles. The highest BCUT2D eigenvalue weighted by Gasteiger charge is 2.10. The summed E-state index contributed by atoms with van der Waals surface area (Å²) in [4.78, 5) is 23.1. The first-order chi connectivity index (χ1) is 9.10. The Kier molecular flexibility index (Phi) is 6.35. The number of aromatic nitrogens is 2. The molecule has 0 bridgehead atoms. The van der Waals surface area contributed by atoms with Crippen LogP contribution in [0.1, 0.15) is 26.7 Å². The number of nitrogens with one attached hydrogen (secondary N) is 1. The molecular formula is C12H18ClN3O3. The van der Waals surface area contributed by atoms with Crippen molar-refractivity contribution in [2.75, 3.05) is 18.5 Å². The third-order valence-corrected chi connectivity index (χ3v) is 2.80. The topological polar surface area (TPSA) is 73.2 Å². The maximum Gasteiger partial charge on any atom is 0.325 e. The highest BCUT2D eigenvalue weighted by atomic mass is 35.5. The Bertz CT molecular complexity index is 488. The molecule has 0 radical (unpaired) electrons. The van der Waals surface area contributed by atoms with E-state index in [1.807, 2.05) is 6.92 Å². The minimum Gasteiger partial charge on any atom is -0.465 e. The van der Waals surface area contributed by atoms with E-state index in [1.165, 1.54) is 10.9 Å². The van der Waals surface area contributed by atoms with Gasteiger partial charge in [0.2, 0.25) is 0 Å². The number of unbranched alkanes of at least 4 members (excludes halogenated alkanes) is 1. The maximum absolute atomic E-state index is 11.9. The lowest BCUT2D eigenvalue weighted by molar-refractivity contribution is -0.140. The van der Waals surface area contributed by atoms with E-state index < -0.39 is 5.97 Å². The monoisotopic (exact) mass is 287 g/mol. The van der Waals surface area contributed by atoms with Gasteiger partial charge < -0.3 is 10.1 Å². The third kappa shape index (κ3) is 4.55. The molecule has 0 aliphatic heterocycles. The van der Waals surface area contributed by atoms with E-state index >= 15 is 0 Å². The number of anilines is 1. The van der Waals surface area contributed by atoms with Crippen molar-refractivity contribution >= 4 is 23.3 Å². The Balaban J connectivity index is 2.73. The molecule has 1 aromatic heterocycles. The van der Waals surface area contributed by atoms with E-state index in [0.717, 1.165) is 12.8 Å². The Morgan fingerprint density at radius 3 is 2.89 bits per heavy atom. The number of carbonyl (C=O) groups excluding carboxylic acids is 1. The molecule has 1 N–H and O–H groups in total. The molecule has 1 aromatic rings. The lowest BCUT2D eigenvalue weighted by Crippen LogP contribution is -2.25. The fourth-order valence-electron chi connectivity index (χ4n) is 1.43. The molecule has 0 saturated carbocycles. The predicted molar refractivity (Wildman–Crippen MR) is 73.5 cm³/mol. The summed E-state index contributed by atoms with van der Waals surface area (Å²) < 4.78 is 6.08. The van der Waals surface area contributed by atoms with Crippen molar-refractivity contribution in [2.45, 2.75) is 33.2 Å². The van der Waals surface area contributed by atoms with Gasteiger partial charge in [0.05, 0.1) is 18.5 Å². The van der Waals surface area contributed by atoms with Crippen LogP contribution in [0.25, 0.3) is 0 Å². The SMILES string of the molecule is CCCCn1ncc(NCC(=O)OCC)c(Cl)c1=O. The Labute approximate surface area is 116 Å². The van der Waals surface area contributed by atoms with E-state index in [0.29, 0.717) is 18.8 Å². The molecule has 19 heavy (non-hydrogen) atoms. The van der Waals surface area contributed by atoms with Gasteiger partial charge in [-0.3, -0.25) is 9.59 Å². The molecule has 0 aliphatic carbocycles. The van der Waals surface area contributed by atoms with Crippen LogP contribution < -0.4 is 10.9 Å². The van der Waals surface area contributed by atoms with Crippen molar-refractivity contribution in [3.05, 3.63) is 21.6 Å². The van der Waals surface area contributed by atoms with Crippen molar-refractivity contribution < 1.29 is 9.53 Å². The van der Waals surface area contributed by atoms with Crippen LogP contribution in [0.2, 0.25) is 5.02 Å². The molecule has 7 heteroatoms. The lowest BCUT2D eigenvalue weighted by Gasteiger charge is -2.09. The molecule has 0 atom stereocenters. The summed E-state index contributed by atoms with van der Waals surface area (Å²) in [7, 11) is 0. The quantitative estimate of drug-likeness (QED) is 0.772. The van der Waals surface area contributed by atoms with Crippen LogP contribution in [0, 0.1) is 0 Å². The molecule has 0 aliphatic rings. The highest BCUT2D eigenvalue weighted by Crippen LogP contribution is 2.14. The summed E-state index contributed by atoms with van der Waals surface area (Å²) in [5.41, 5.74) is -0.0172. The van der Waals surface area contributed by atoms with Crippen LogP contribution >= 0.6 is 11.6 Å². The average molecular weight is 288 g/mol. The van der Waals surface area contributed by atoms with Gasteiger partial charge in [0.1, 0.15) is 11.6 Å². The van der Waals surface area contributed by atoms with Gasteiger partial charge in [-0.15, -0.1) is 0 Å². The van der Waals surface area contributed by atoms with Crippen LogP contribution in [0.15, 0.2) is 11.0 Å². The average Bonchev–Trinajstić information content (AvgIpc) is 2.40. The first kappa shape index (κ1) is 15.5. The summed E-state index contributed by atoms with van der Waals surface area (Å²) in [6, 6.07) is 0. The van der Waals surface area contributed by atoms with Gasteiger partial charge in [-0.25, -0.2) is 4.68 Å². The fraction of sp³-hybridized carbons (Fsp3) is 0.583. The second-order valence-corrected chi connectivity index (χ2v) is 4.29. The molecule has 0 spiro atoms. The first-order valence-electron chi connectivity index (χ1n) is 6.25. The van der Waals surface area contributed by atoms with Gasteiger partial charge in [-0.2, -0.15) is 5.10 Å². The minimum absolute atomic E-state index is 0.0374. The van der Waals surface area contributed by atoms with Crippen LogP contribution in [-0.4, -0.2) is 28.9 Å². The Morgan fingerprint density at radius 1 is 1.53 bits per heavy atom. The highest BCUT2D eigenvalue weighted by molar-refractivity contribution is 6.32. The molecule has 6 nitrogen and oxygen atoms in total. The minimum atomic E-state index is -0.409. The Morgan fingerprint density at radius 2 is 2.26 bits per heavy atom. The molecule has 1 heterocycles. The van der Waals surface area contributed by atoms with E-state index in [9.17, 15) is 9.59 Å². The number of ether oxygens (including phenoxy) is 1. The summed E-state index contributed by atoms with van der Waals surface area (Å²) in [5, 5.41) is 6.78. The number of hydrogen-bond acceptors (Lipinski definition) is 5. The normalized spacial score (nSPS) is 10.3. The number of rotatable bonds is 7. The van der Waals surface area contributed by atoms with E-state index in [4.69, 9.17) is 16.3 Å². The maximum atomic E-state index is 11.9. The lowest BCUT2D eigenvalue weighted by atomic mass is 10.3. The second-order valence-electron chi connectivity index (χ2n) is 3.91. The second kappa shape index (κ2) is 7.78. The standard InChI is InChI=1S/C12H18ClN3O3/c1-3-5-6-16-12(18)11(13)9(7-15-16)14-8-10(17)19-4-2/h7,14H,3-6,8H2,1-2H3. The van der Waals surface area contributed by atoms with Gasteiger partial charge in [0.25, 0.3) is 5.56 Å². The van der Waals surface area contributed by atoms with Crippen molar-refractivity contribution in [1.29, 1.82) is 0 Å². The largest absolute Gasteiger partial charge is 0.465 e. The van der Waals surface area contributed by atoms with Gasteiger partial charge in [0, 0.05) is 6.54 Å². The summed E-state index contributed by atoms with van der Waals surface area (Å²) >= 11 is 5.95. The summed E-state index contributed by atoms with van der Waals surface area (Å²) in [5.74, 6) is -0.409. The molecule has 0 fully saturated rings. The third-order valence-electron chi connectivity index (χ3n) is 2.44. The van der Waals surface area contributed by atoms with Crippen LogP contribution in [0.5, 0.6) is 0 Å². The van der Waals surface area contributed by atoms with Crippen molar-refractivity contribution in [3.63, 3.8) is 0 Å². The van der Waals surface area contributed by atoms with E-state index in [1.54, 1.807) is 6.92 Å². The summed E-state index contributed by atoms with van der Waals surface area (Å²) in [6.07, 6.45) is 3.27. The van der Waals surface area contributed by atoms with Crippen molar-refractivity contribution in [1.82, 2.24) is 9.78 Å². The van der Waals surface area contributed by atoms with Gasteiger partial charge in [0.15, 0.2) is 0 Å². The number of nitrogens with zero attached hydrogens (tertiary/aromatic N) is 2.